The largest absolute Gasteiger partial charge is 0.378 e. The summed E-state index contributed by atoms with van der Waals surface area (Å²) in [6.07, 6.45) is 1.69. The summed E-state index contributed by atoms with van der Waals surface area (Å²) < 4.78 is 22.3. The normalized spacial score (nSPS) is 11.6. The van der Waals surface area contributed by atoms with Gasteiger partial charge < -0.3 is 4.90 Å². The highest BCUT2D eigenvalue weighted by molar-refractivity contribution is 7.89. The number of rotatable bonds is 5. The molecule has 22 heavy (non-hydrogen) atoms. The monoisotopic (exact) mass is 318 g/mol. The van der Waals surface area contributed by atoms with Gasteiger partial charge in [0.1, 0.15) is 0 Å². The summed E-state index contributed by atoms with van der Waals surface area (Å²) in [5.41, 5.74) is 5.58. The van der Waals surface area contributed by atoms with E-state index >= 15 is 0 Å². The SMILES string of the molecule is CN(C)c1ccc(/C=N\Nc2ccc(S(N)(=O)=O)cc2)cc1. The lowest BCUT2D eigenvalue weighted by atomic mass is 10.2. The molecular weight excluding hydrogens is 300 g/mol. The third kappa shape index (κ3) is 4.31. The second-order valence-electron chi connectivity index (χ2n) is 4.93. The van der Waals surface area contributed by atoms with Crippen molar-refractivity contribution in [3.63, 3.8) is 0 Å². The fourth-order valence-corrected chi connectivity index (χ4v) is 2.27. The van der Waals surface area contributed by atoms with E-state index in [1.807, 2.05) is 43.3 Å². The molecule has 0 atom stereocenters. The van der Waals surface area contributed by atoms with Crippen LogP contribution in [0.2, 0.25) is 0 Å². The van der Waals surface area contributed by atoms with E-state index in [9.17, 15) is 8.42 Å². The van der Waals surface area contributed by atoms with Gasteiger partial charge in [-0.15, -0.1) is 0 Å². The molecule has 0 fully saturated rings. The predicted molar refractivity (Wildman–Crippen MR) is 89.8 cm³/mol. The van der Waals surface area contributed by atoms with Crippen LogP contribution in [0.4, 0.5) is 11.4 Å². The van der Waals surface area contributed by atoms with Gasteiger partial charge in [0.25, 0.3) is 0 Å². The van der Waals surface area contributed by atoms with E-state index in [1.165, 1.54) is 12.1 Å². The van der Waals surface area contributed by atoms with Crippen molar-refractivity contribution in [2.45, 2.75) is 4.90 Å². The van der Waals surface area contributed by atoms with Gasteiger partial charge in [-0.1, -0.05) is 12.1 Å². The van der Waals surface area contributed by atoms with Gasteiger partial charge >= 0.3 is 0 Å². The van der Waals surface area contributed by atoms with Gasteiger partial charge in [-0.2, -0.15) is 5.10 Å². The minimum absolute atomic E-state index is 0.0707. The van der Waals surface area contributed by atoms with E-state index in [-0.39, 0.29) is 4.90 Å². The molecule has 0 bridgehead atoms. The first-order chi connectivity index (χ1) is 10.4. The Bertz CT molecular complexity index is 751. The van der Waals surface area contributed by atoms with Gasteiger partial charge in [0.05, 0.1) is 16.8 Å². The molecule has 2 aromatic carbocycles. The van der Waals surface area contributed by atoms with Crippen LogP contribution in [-0.2, 0) is 10.0 Å². The molecule has 0 spiro atoms. The summed E-state index contributed by atoms with van der Waals surface area (Å²) in [5.74, 6) is 0. The maximum absolute atomic E-state index is 11.1. The van der Waals surface area contributed by atoms with Crippen LogP contribution >= 0.6 is 0 Å². The van der Waals surface area contributed by atoms with Crippen molar-refractivity contribution in [2.75, 3.05) is 24.4 Å². The Kier molecular flexibility index (Phi) is 4.79. The molecule has 0 aromatic heterocycles. The molecular formula is C15H18N4O2S. The van der Waals surface area contributed by atoms with Crippen molar-refractivity contribution in [2.24, 2.45) is 10.2 Å². The van der Waals surface area contributed by atoms with Crippen molar-refractivity contribution in [3.05, 3.63) is 54.1 Å². The topological polar surface area (TPSA) is 87.8 Å². The molecule has 7 heteroatoms. The zero-order valence-corrected chi connectivity index (χ0v) is 13.2. The van der Waals surface area contributed by atoms with Crippen LogP contribution in [0.25, 0.3) is 0 Å². The molecule has 0 amide bonds. The van der Waals surface area contributed by atoms with Crippen LogP contribution in [-0.4, -0.2) is 28.7 Å². The Morgan fingerprint density at radius 3 is 2.14 bits per heavy atom. The van der Waals surface area contributed by atoms with Crippen LogP contribution in [0, 0.1) is 0 Å². The molecule has 2 aromatic rings. The number of anilines is 2. The molecule has 0 saturated carbocycles. The van der Waals surface area contributed by atoms with Crippen LogP contribution in [0.3, 0.4) is 0 Å². The first-order valence-electron chi connectivity index (χ1n) is 6.55. The molecule has 116 valence electrons. The Morgan fingerprint density at radius 2 is 1.64 bits per heavy atom. The van der Waals surface area contributed by atoms with E-state index < -0.39 is 10.0 Å². The lowest BCUT2D eigenvalue weighted by Crippen LogP contribution is -2.11. The number of nitrogens with zero attached hydrogens (tertiary/aromatic N) is 2. The van der Waals surface area contributed by atoms with Gasteiger partial charge in [0.15, 0.2) is 0 Å². The summed E-state index contributed by atoms with van der Waals surface area (Å²) in [4.78, 5) is 2.09. The number of primary sulfonamides is 1. The second-order valence-corrected chi connectivity index (χ2v) is 6.49. The molecule has 0 aliphatic carbocycles. The molecule has 0 saturated heterocycles. The smallest absolute Gasteiger partial charge is 0.238 e. The van der Waals surface area contributed by atoms with E-state index in [0.29, 0.717) is 5.69 Å². The second kappa shape index (κ2) is 6.59. The fraction of sp³-hybridized carbons (Fsp3) is 0.133. The van der Waals surface area contributed by atoms with Crippen molar-refractivity contribution in [1.82, 2.24) is 0 Å². The van der Waals surface area contributed by atoms with Crippen molar-refractivity contribution >= 4 is 27.6 Å². The Hall–Kier alpha value is -2.38. The summed E-state index contributed by atoms with van der Waals surface area (Å²) in [6.45, 7) is 0. The molecule has 0 aliphatic heterocycles. The lowest BCUT2D eigenvalue weighted by molar-refractivity contribution is 0.598. The quantitative estimate of drug-likeness (QED) is 0.650. The number of nitrogens with one attached hydrogen (secondary N) is 1. The predicted octanol–water partition coefficient (Wildman–Crippen LogP) is 1.85. The van der Waals surface area contributed by atoms with Crippen molar-refractivity contribution < 1.29 is 8.42 Å². The molecule has 0 aliphatic rings. The van der Waals surface area contributed by atoms with Gasteiger partial charge in [0.2, 0.25) is 10.0 Å². The van der Waals surface area contributed by atoms with Gasteiger partial charge in [0, 0.05) is 19.8 Å². The van der Waals surface area contributed by atoms with E-state index in [1.54, 1.807) is 18.3 Å². The van der Waals surface area contributed by atoms with Gasteiger partial charge in [-0.05, 0) is 42.0 Å². The van der Waals surface area contributed by atoms with Crippen molar-refractivity contribution in [3.8, 4) is 0 Å². The zero-order valence-electron chi connectivity index (χ0n) is 12.4. The highest BCUT2D eigenvalue weighted by Gasteiger charge is 2.06. The van der Waals surface area contributed by atoms with E-state index in [2.05, 4.69) is 10.5 Å². The molecule has 6 nitrogen and oxygen atoms in total. The lowest BCUT2D eigenvalue weighted by Gasteiger charge is -2.11. The first-order valence-corrected chi connectivity index (χ1v) is 8.10. The molecule has 0 unspecified atom stereocenters. The Balaban J connectivity index is 2.00. The molecule has 0 heterocycles. The number of nitrogens with two attached hydrogens (primary N) is 1. The maximum Gasteiger partial charge on any atom is 0.238 e. The Morgan fingerprint density at radius 1 is 1.05 bits per heavy atom. The van der Waals surface area contributed by atoms with Crippen LogP contribution in [0.1, 0.15) is 5.56 Å². The zero-order chi connectivity index (χ0) is 16.2. The third-order valence-corrected chi connectivity index (χ3v) is 3.93. The summed E-state index contributed by atoms with van der Waals surface area (Å²) in [6, 6.07) is 14.0. The van der Waals surface area contributed by atoms with E-state index in [0.717, 1.165) is 11.3 Å². The molecule has 3 N–H and O–H groups in total. The number of hydrogen-bond acceptors (Lipinski definition) is 5. The fourth-order valence-electron chi connectivity index (χ4n) is 1.76. The summed E-state index contributed by atoms with van der Waals surface area (Å²) >= 11 is 0. The maximum atomic E-state index is 11.1. The van der Waals surface area contributed by atoms with Crippen molar-refractivity contribution in [1.29, 1.82) is 0 Å². The summed E-state index contributed by atoms with van der Waals surface area (Å²) in [7, 11) is 0.300. The Labute approximate surface area is 130 Å². The van der Waals surface area contributed by atoms with E-state index in [4.69, 9.17) is 5.14 Å². The average Bonchev–Trinajstić information content (AvgIpc) is 2.47. The third-order valence-electron chi connectivity index (χ3n) is 3.00. The highest BCUT2D eigenvalue weighted by Crippen LogP contribution is 2.13. The number of sulfonamides is 1. The van der Waals surface area contributed by atoms with Gasteiger partial charge in [-0.25, -0.2) is 13.6 Å². The molecule has 2 rings (SSSR count). The minimum Gasteiger partial charge on any atom is -0.378 e. The minimum atomic E-state index is -3.66. The standard InChI is InChI=1S/C15H18N4O2S/c1-19(2)14-7-3-12(4-8-14)11-17-18-13-5-9-15(10-6-13)22(16,20)21/h3-11,18H,1-2H3,(H2,16,20,21)/b17-11-. The van der Waals surface area contributed by atoms with Gasteiger partial charge in [-0.3, -0.25) is 5.43 Å². The first kappa shape index (κ1) is 16.0. The number of benzene rings is 2. The van der Waals surface area contributed by atoms with Crippen LogP contribution in [0.5, 0.6) is 0 Å². The average molecular weight is 318 g/mol. The summed E-state index contributed by atoms with van der Waals surface area (Å²) in [5, 5.41) is 9.14. The highest BCUT2D eigenvalue weighted by atomic mass is 32.2. The van der Waals surface area contributed by atoms with Crippen LogP contribution in [0.15, 0.2) is 58.5 Å². The number of hydrazone groups is 1. The number of hydrogen-bond donors (Lipinski definition) is 2. The molecule has 0 radical (unpaired) electrons. The van der Waals surface area contributed by atoms with Crippen LogP contribution < -0.4 is 15.5 Å².